The summed E-state index contributed by atoms with van der Waals surface area (Å²) in [6.07, 6.45) is 4.12. The minimum atomic E-state index is -0.0424. The van der Waals surface area contributed by atoms with Crippen molar-refractivity contribution in [1.29, 1.82) is 0 Å². The summed E-state index contributed by atoms with van der Waals surface area (Å²) in [5, 5.41) is 7.89. The highest BCUT2D eigenvalue weighted by Gasteiger charge is 2.07. The summed E-state index contributed by atoms with van der Waals surface area (Å²) >= 11 is 0. The number of ether oxygens (including phenoxy) is 1. The monoisotopic (exact) mass is 279 g/mol. The van der Waals surface area contributed by atoms with Gasteiger partial charge in [0, 0.05) is 33.4 Å². The maximum atomic E-state index is 12.2. The van der Waals surface area contributed by atoms with Crippen LogP contribution in [0.3, 0.4) is 0 Å². The van der Waals surface area contributed by atoms with Gasteiger partial charge in [0.05, 0.1) is 6.20 Å². The molecule has 0 unspecified atom stereocenters. The lowest BCUT2D eigenvalue weighted by Gasteiger charge is -2.07. The van der Waals surface area contributed by atoms with Gasteiger partial charge in [-0.15, -0.1) is 0 Å². The van der Waals surface area contributed by atoms with Crippen molar-refractivity contribution in [3.8, 4) is 0 Å². The van der Waals surface area contributed by atoms with Crippen molar-refractivity contribution < 1.29 is 4.74 Å². The van der Waals surface area contributed by atoms with Crippen LogP contribution in [-0.4, -0.2) is 45.6 Å². The van der Waals surface area contributed by atoms with Crippen LogP contribution in [0.4, 0.5) is 0 Å². The quantitative estimate of drug-likeness (QED) is 0.696. The normalized spacial score (nSPS) is 11.3. The molecule has 110 valence electrons. The van der Waals surface area contributed by atoms with Gasteiger partial charge in [-0.2, -0.15) is 5.10 Å². The van der Waals surface area contributed by atoms with E-state index in [1.165, 1.54) is 0 Å². The molecule has 0 radical (unpaired) electrons. The van der Waals surface area contributed by atoms with E-state index in [9.17, 15) is 4.79 Å². The van der Waals surface area contributed by atoms with Crippen molar-refractivity contribution in [3.63, 3.8) is 0 Å². The third-order valence-electron chi connectivity index (χ3n) is 3.09. The second kappa shape index (κ2) is 7.16. The molecule has 7 heteroatoms. The van der Waals surface area contributed by atoms with Crippen LogP contribution in [0.15, 0.2) is 17.3 Å². The van der Waals surface area contributed by atoms with Crippen LogP contribution in [0.1, 0.15) is 13.3 Å². The van der Waals surface area contributed by atoms with Crippen LogP contribution in [0, 0.1) is 0 Å². The Labute approximate surface area is 117 Å². The zero-order valence-corrected chi connectivity index (χ0v) is 12.0. The SMILES string of the molecule is CCOCCCNCCn1cnc2c(cnn2C)c1=O. The van der Waals surface area contributed by atoms with E-state index in [0.29, 0.717) is 17.6 Å². The van der Waals surface area contributed by atoms with E-state index >= 15 is 0 Å². The van der Waals surface area contributed by atoms with E-state index in [1.54, 1.807) is 28.8 Å². The number of hydrogen-bond acceptors (Lipinski definition) is 5. The predicted octanol–water partition coefficient (Wildman–Crippen LogP) is 0.146. The maximum Gasteiger partial charge on any atom is 0.264 e. The summed E-state index contributed by atoms with van der Waals surface area (Å²) < 4.78 is 8.47. The molecule has 0 bridgehead atoms. The van der Waals surface area contributed by atoms with Crippen molar-refractivity contribution >= 4 is 11.0 Å². The van der Waals surface area contributed by atoms with E-state index in [-0.39, 0.29) is 5.56 Å². The summed E-state index contributed by atoms with van der Waals surface area (Å²) in [7, 11) is 1.78. The fraction of sp³-hybridized carbons (Fsp3) is 0.615. The lowest BCUT2D eigenvalue weighted by Crippen LogP contribution is -2.28. The number of nitrogens with one attached hydrogen (secondary N) is 1. The van der Waals surface area contributed by atoms with Gasteiger partial charge in [-0.1, -0.05) is 0 Å². The lowest BCUT2D eigenvalue weighted by atomic mass is 10.4. The zero-order valence-electron chi connectivity index (χ0n) is 12.0. The Balaban J connectivity index is 1.84. The van der Waals surface area contributed by atoms with Gasteiger partial charge in [0.2, 0.25) is 0 Å². The Morgan fingerprint density at radius 3 is 3.05 bits per heavy atom. The molecule has 2 aromatic heterocycles. The van der Waals surface area contributed by atoms with Gasteiger partial charge >= 0.3 is 0 Å². The smallest absolute Gasteiger partial charge is 0.264 e. The molecular formula is C13H21N5O2. The fourth-order valence-electron chi connectivity index (χ4n) is 1.99. The van der Waals surface area contributed by atoms with Crippen molar-refractivity contribution in [2.45, 2.75) is 19.9 Å². The van der Waals surface area contributed by atoms with Crippen molar-refractivity contribution in [2.24, 2.45) is 7.05 Å². The van der Waals surface area contributed by atoms with E-state index in [1.807, 2.05) is 6.92 Å². The molecule has 0 saturated heterocycles. The number of rotatable bonds is 8. The summed E-state index contributed by atoms with van der Waals surface area (Å²) in [5.74, 6) is 0. The standard InChI is InChI=1S/C13H21N5O2/c1-3-20-8-4-5-14-6-7-18-10-15-12-11(13(18)19)9-16-17(12)2/h9-10,14H,3-8H2,1-2H3. The second-order valence-corrected chi connectivity index (χ2v) is 4.55. The molecule has 20 heavy (non-hydrogen) atoms. The largest absolute Gasteiger partial charge is 0.382 e. The van der Waals surface area contributed by atoms with Gasteiger partial charge in [-0.05, 0) is 19.9 Å². The summed E-state index contributed by atoms with van der Waals surface area (Å²) in [5.41, 5.74) is 0.579. The van der Waals surface area contributed by atoms with Crippen LogP contribution >= 0.6 is 0 Å². The zero-order chi connectivity index (χ0) is 14.4. The molecule has 7 nitrogen and oxygen atoms in total. The number of aromatic nitrogens is 4. The summed E-state index contributed by atoms with van der Waals surface area (Å²) in [6, 6.07) is 0. The van der Waals surface area contributed by atoms with Gasteiger partial charge < -0.3 is 10.1 Å². The average molecular weight is 279 g/mol. The summed E-state index contributed by atoms with van der Waals surface area (Å²) in [6.45, 7) is 5.74. The lowest BCUT2D eigenvalue weighted by molar-refractivity contribution is 0.145. The Hall–Kier alpha value is -1.73. The molecule has 0 atom stereocenters. The van der Waals surface area contributed by atoms with E-state index in [4.69, 9.17) is 4.74 Å². The molecule has 0 aliphatic rings. The first-order chi connectivity index (χ1) is 9.74. The van der Waals surface area contributed by atoms with Crippen LogP contribution < -0.4 is 10.9 Å². The minimum Gasteiger partial charge on any atom is -0.382 e. The fourth-order valence-corrected chi connectivity index (χ4v) is 1.99. The van der Waals surface area contributed by atoms with Gasteiger partial charge in [0.15, 0.2) is 5.65 Å². The minimum absolute atomic E-state index is 0.0424. The molecule has 1 N–H and O–H groups in total. The van der Waals surface area contributed by atoms with Crippen LogP contribution in [0.2, 0.25) is 0 Å². The molecule has 0 aromatic carbocycles. The molecule has 0 spiro atoms. The highest BCUT2D eigenvalue weighted by Crippen LogP contribution is 2.02. The Morgan fingerprint density at radius 1 is 1.40 bits per heavy atom. The van der Waals surface area contributed by atoms with Crippen molar-refractivity contribution in [1.82, 2.24) is 24.6 Å². The molecule has 0 saturated carbocycles. The first kappa shape index (κ1) is 14.7. The van der Waals surface area contributed by atoms with Gasteiger partial charge in [-0.25, -0.2) is 4.98 Å². The maximum absolute atomic E-state index is 12.2. The van der Waals surface area contributed by atoms with E-state index in [0.717, 1.165) is 32.7 Å². The van der Waals surface area contributed by atoms with Crippen LogP contribution in [-0.2, 0) is 18.3 Å². The van der Waals surface area contributed by atoms with Crippen LogP contribution in [0.25, 0.3) is 11.0 Å². The van der Waals surface area contributed by atoms with Gasteiger partial charge in [0.1, 0.15) is 11.7 Å². The van der Waals surface area contributed by atoms with Crippen LogP contribution in [0.5, 0.6) is 0 Å². The number of aryl methyl sites for hydroxylation is 1. The third kappa shape index (κ3) is 3.43. The Morgan fingerprint density at radius 2 is 2.25 bits per heavy atom. The van der Waals surface area contributed by atoms with E-state index < -0.39 is 0 Å². The topological polar surface area (TPSA) is 74.0 Å². The number of nitrogens with zero attached hydrogens (tertiary/aromatic N) is 4. The molecule has 2 rings (SSSR count). The highest BCUT2D eigenvalue weighted by atomic mass is 16.5. The predicted molar refractivity (Wildman–Crippen MR) is 76.7 cm³/mol. The summed E-state index contributed by atoms with van der Waals surface area (Å²) in [4.78, 5) is 16.4. The highest BCUT2D eigenvalue weighted by molar-refractivity contribution is 5.72. The molecule has 0 aliphatic heterocycles. The Bertz CT molecular complexity index is 604. The van der Waals surface area contributed by atoms with Crippen molar-refractivity contribution in [2.75, 3.05) is 26.3 Å². The van der Waals surface area contributed by atoms with Gasteiger partial charge in [0.25, 0.3) is 5.56 Å². The van der Waals surface area contributed by atoms with E-state index in [2.05, 4.69) is 15.4 Å². The second-order valence-electron chi connectivity index (χ2n) is 4.55. The first-order valence-corrected chi connectivity index (χ1v) is 6.89. The molecular weight excluding hydrogens is 258 g/mol. The number of hydrogen-bond donors (Lipinski definition) is 1. The third-order valence-corrected chi connectivity index (χ3v) is 3.09. The first-order valence-electron chi connectivity index (χ1n) is 6.89. The molecule has 2 aromatic rings. The number of fused-ring (bicyclic) bond motifs is 1. The Kier molecular flexibility index (Phi) is 5.25. The molecule has 0 fully saturated rings. The van der Waals surface area contributed by atoms with Crippen molar-refractivity contribution in [3.05, 3.63) is 22.9 Å². The molecule has 0 aliphatic carbocycles. The molecule has 2 heterocycles. The average Bonchev–Trinajstić information content (AvgIpc) is 2.82. The van der Waals surface area contributed by atoms with Gasteiger partial charge in [-0.3, -0.25) is 14.0 Å². The molecule has 0 amide bonds.